The summed E-state index contributed by atoms with van der Waals surface area (Å²) in [5, 5.41) is 9.13. The SMILES string of the molecule is CCC(C)(C=O)CN1CCCC(CO)C1. The quantitative estimate of drug-likeness (QED) is 0.700. The molecule has 0 aromatic rings. The van der Waals surface area contributed by atoms with Gasteiger partial charge in [-0.1, -0.05) is 13.8 Å². The Bertz CT molecular complexity index is 208. The monoisotopic (exact) mass is 213 g/mol. The van der Waals surface area contributed by atoms with E-state index < -0.39 is 0 Å². The van der Waals surface area contributed by atoms with Crippen molar-refractivity contribution in [2.24, 2.45) is 11.3 Å². The molecule has 0 saturated carbocycles. The Morgan fingerprint density at radius 1 is 1.60 bits per heavy atom. The number of nitrogens with zero attached hydrogens (tertiary/aromatic N) is 1. The first-order chi connectivity index (χ1) is 7.13. The number of piperidine rings is 1. The zero-order chi connectivity index (χ0) is 11.3. The minimum Gasteiger partial charge on any atom is -0.396 e. The molecule has 15 heavy (non-hydrogen) atoms. The summed E-state index contributed by atoms with van der Waals surface area (Å²) < 4.78 is 0. The summed E-state index contributed by atoms with van der Waals surface area (Å²) in [6.45, 7) is 7.20. The first-order valence-electron chi connectivity index (χ1n) is 5.93. The van der Waals surface area contributed by atoms with Gasteiger partial charge in [-0.15, -0.1) is 0 Å². The van der Waals surface area contributed by atoms with Crippen LogP contribution in [0.4, 0.5) is 0 Å². The second kappa shape index (κ2) is 5.61. The van der Waals surface area contributed by atoms with E-state index in [0.29, 0.717) is 5.92 Å². The van der Waals surface area contributed by atoms with Crippen molar-refractivity contribution in [3.63, 3.8) is 0 Å². The van der Waals surface area contributed by atoms with E-state index in [0.717, 1.165) is 45.2 Å². The van der Waals surface area contributed by atoms with Crippen LogP contribution in [0.25, 0.3) is 0 Å². The molecule has 1 fully saturated rings. The minimum absolute atomic E-state index is 0.211. The van der Waals surface area contributed by atoms with Gasteiger partial charge in [-0.25, -0.2) is 0 Å². The number of aliphatic hydroxyl groups is 1. The standard InChI is InChI=1S/C12H23NO2/c1-3-12(2,10-15)9-13-6-4-5-11(7-13)8-14/h10-11,14H,3-9H2,1-2H3. The van der Waals surface area contributed by atoms with E-state index in [1.165, 1.54) is 0 Å². The van der Waals surface area contributed by atoms with Gasteiger partial charge in [0.1, 0.15) is 6.29 Å². The fourth-order valence-corrected chi connectivity index (χ4v) is 2.19. The van der Waals surface area contributed by atoms with Crippen molar-refractivity contribution < 1.29 is 9.90 Å². The first kappa shape index (κ1) is 12.7. The van der Waals surface area contributed by atoms with E-state index in [1.54, 1.807) is 0 Å². The Hall–Kier alpha value is -0.410. The molecule has 3 heteroatoms. The Balaban J connectivity index is 2.46. The number of likely N-dealkylation sites (tertiary alicyclic amines) is 1. The van der Waals surface area contributed by atoms with Crippen molar-refractivity contribution in [2.45, 2.75) is 33.1 Å². The van der Waals surface area contributed by atoms with Crippen LogP contribution in [0.2, 0.25) is 0 Å². The molecule has 3 nitrogen and oxygen atoms in total. The zero-order valence-electron chi connectivity index (χ0n) is 9.91. The number of aliphatic hydroxyl groups excluding tert-OH is 1. The van der Waals surface area contributed by atoms with Crippen molar-refractivity contribution >= 4 is 6.29 Å². The molecule has 0 aliphatic carbocycles. The second-order valence-corrected chi connectivity index (χ2v) is 5.05. The van der Waals surface area contributed by atoms with Gasteiger partial charge in [0.2, 0.25) is 0 Å². The number of hydrogen-bond donors (Lipinski definition) is 1. The van der Waals surface area contributed by atoms with Gasteiger partial charge in [-0.3, -0.25) is 0 Å². The van der Waals surface area contributed by atoms with Crippen molar-refractivity contribution in [2.75, 3.05) is 26.2 Å². The molecule has 88 valence electrons. The molecule has 1 aliphatic rings. The molecule has 1 heterocycles. The Morgan fingerprint density at radius 3 is 2.87 bits per heavy atom. The topological polar surface area (TPSA) is 40.5 Å². The average molecular weight is 213 g/mol. The lowest BCUT2D eigenvalue weighted by Crippen LogP contribution is -2.43. The third-order valence-corrected chi connectivity index (χ3v) is 3.54. The lowest BCUT2D eigenvalue weighted by atomic mass is 9.87. The van der Waals surface area contributed by atoms with E-state index >= 15 is 0 Å². The molecule has 1 N–H and O–H groups in total. The van der Waals surface area contributed by atoms with Gasteiger partial charge in [-0.2, -0.15) is 0 Å². The van der Waals surface area contributed by atoms with E-state index in [2.05, 4.69) is 11.8 Å². The molecule has 1 aliphatic heterocycles. The number of aldehydes is 1. The highest BCUT2D eigenvalue weighted by Gasteiger charge is 2.27. The Morgan fingerprint density at radius 2 is 2.33 bits per heavy atom. The van der Waals surface area contributed by atoms with Gasteiger partial charge in [0.05, 0.1) is 0 Å². The summed E-state index contributed by atoms with van der Waals surface area (Å²) in [5.74, 6) is 0.409. The normalized spacial score (nSPS) is 27.3. The summed E-state index contributed by atoms with van der Waals surface area (Å²) in [4.78, 5) is 13.3. The van der Waals surface area contributed by atoms with Gasteiger partial charge >= 0.3 is 0 Å². The van der Waals surface area contributed by atoms with E-state index in [-0.39, 0.29) is 12.0 Å². The maximum atomic E-state index is 11.0. The third-order valence-electron chi connectivity index (χ3n) is 3.54. The van der Waals surface area contributed by atoms with Gasteiger partial charge < -0.3 is 14.8 Å². The lowest BCUT2D eigenvalue weighted by molar-refractivity contribution is -0.116. The maximum absolute atomic E-state index is 11.0. The third kappa shape index (κ3) is 3.58. The molecular weight excluding hydrogens is 190 g/mol. The summed E-state index contributed by atoms with van der Waals surface area (Å²) in [6, 6.07) is 0. The minimum atomic E-state index is -0.211. The molecule has 0 aromatic heterocycles. The van der Waals surface area contributed by atoms with Crippen molar-refractivity contribution in [3.05, 3.63) is 0 Å². The van der Waals surface area contributed by atoms with Gasteiger partial charge in [0.25, 0.3) is 0 Å². The Labute approximate surface area is 92.5 Å². The maximum Gasteiger partial charge on any atom is 0.127 e. The predicted molar refractivity (Wildman–Crippen MR) is 60.7 cm³/mol. The zero-order valence-corrected chi connectivity index (χ0v) is 9.91. The fourth-order valence-electron chi connectivity index (χ4n) is 2.19. The van der Waals surface area contributed by atoms with Gasteiger partial charge in [-0.05, 0) is 31.7 Å². The molecule has 2 unspecified atom stereocenters. The fraction of sp³-hybridized carbons (Fsp3) is 0.917. The molecule has 0 amide bonds. The van der Waals surface area contributed by atoms with Crippen LogP contribution in [0.3, 0.4) is 0 Å². The molecule has 0 spiro atoms. The van der Waals surface area contributed by atoms with Crippen LogP contribution in [0, 0.1) is 11.3 Å². The molecule has 0 radical (unpaired) electrons. The molecule has 0 aromatic carbocycles. The van der Waals surface area contributed by atoms with Crippen molar-refractivity contribution in [1.82, 2.24) is 4.90 Å². The van der Waals surface area contributed by atoms with Crippen LogP contribution >= 0.6 is 0 Å². The van der Waals surface area contributed by atoms with Crippen LogP contribution in [0.15, 0.2) is 0 Å². The van der Waals surface area contributed by atoms with Crippen LogP contribution in [-0.4, -0.2) is 42.5 Å². The highest BCUT2D eigenvalue weighted by Crippen LogP contribution is 2.23. The molecular formula is C12H23NO2. The highest BCUT2D eigenvalue weighted by atomic mass is 16.3. The largest absolute Gasteiger partial charge is 0.396 e. The number of rotatable bonds is 5. The second-order valence-electron chi connectivity index (χ2n) is 5.05. The highest BCUT2D eigenvalue weighted by molar-refractivity contribution is 5.58. The van der Waals surface area contributed by atoms with Crippen LogP contribution < -0.4 is 0 Å². The number of carbonyl (C=O) groups is 1. The lowest BCUT2D eigenvalue weighted by Gasteiger charge is -2.36. The van der Waals surface area contributed by atoms with Crippen molar-refractivity contribution in [3.8, 4) is 0 Å². The predicted octanol–water partition coefficient (Wildman–Crippen LogP) is 1.31. The summed E-state index contributed by atoms with van der Waals surface area (Å²) in [6.07, 6.45) is 4.23. The summed E-state index contributed by atoms with van der Waals surface area (Å²) in [7, 11) is 0. The van der Waals surface area contributed by atoms with Crippen molar-refractivity contribution in [1.29, 1.82) is 0 Å². The van der Waals surface area contributed by atoms with Crippen LogP contribution in [-0.2, 0) is 4.79 Å². The molecule has 0 bridgehead atoms. The van der Waals surface area contributed by atoms with E-state index in [4.69, 9.17) is 5.11 Å². The number of carbonyl (C=O) groups excluding carboxylic acids is 1. The van der Waals surface area contributed by atoms with E-state index in [9.17, 15) is 4.79 Å². The van der Waals surface area contributed by atoms with Crippen LogP contribution in [0.5, 0.6) is 0 Å². The smallest absolute Gasteiger partial charge is 0.127 e. The average Bonchev–Trinajstić information content (AvgIpc) is 2.29. The molecule has 1 rings (SSSR count). The summed E-state index contributed by atoms with van der Waals surface area (Å²) in [5.41, 5.74) is -0.211. The first-order valence-corrected chi connectivity index (χ1v) is 5.93. The molecule has 1 saturated heterocycles. The van der Waals surface area contributed by atoms with Gasteiger partial charge in [0, 0.05) is 25.1 Å². The number of hydrogen-bond acceptors (Lipinski definition) is 3. The molecule has 2 atom stereocenters. The van der Waals surface area contributed by atoms with E-state index in [1.807, 2.05) is 6.92 Å². The van der Waals surface area contributed by atoms with Crippen LogP contribution in [0.1, 0.15) is 33.1 Å². The Kier molecular flexibility index (Phi) is 4.74. The van der Waals surface area contributed by atoms with Gasteiger partial charge in [0.15, 0.2) is 0 Å². The summed E-state index contributed by atoms with van der Waals surface area (Å²) >= 11 is 0.